The highest BCUT2D eigenvalue weighted by Gasteiger charge is 2.20. The van der Waals surface area contributed by atoms with Gasteiger partial charge in [0.2, 0.25) is 0 Å². The number of anilines is 6. The third-order valence-corrected chi connectivity index (χ3v) is 11.5. The lowest BCUT2D eigenvalue weighted by Crippen LogP contribution is -2.10. The number of para-hydroxylation sites is 3. The minimum absolute atomic E-state index is 1.10. The molecule has 0 aliphatic heterocycles. The molecular formula is C56H39N3. The highest BCUT2D eigenvalue weighted by atomic mass is 15.1. The van der Waals surface area contributed by atoms with Crippen LogP contribution < -0.4 is 9.80 Å². The molecule has 59 heavy (non-hydrogen) atoms. The van der Waals surface area contributed by atoms with E-state index in [-0.39, 0.29) is 0 Å². The van der Waals surface area contributed by atoms with Gasteiger partial charge >= 0.3 is 0 Å². The van der Waals surface area contributed by atoms with Crippen molar-refractivity contribution in [1.82, 2.24) is 4.57 Å². The van der Waals surface area contributed by atoms with Crippen molar-refractivity contribution in [2.24, 2.45) is 0 Å². The summed E-state index contributed by atoms with van der Waals surface area (Å²) in [4.78, 5) is 4.76. The van der Waals surface area contributed by atoms with E-state index in [0.717, 1.165) is 50.9 Å². The molecular weight excluding hydrogens is 715 g/mol. The van der Waals surface area contributed by atoms with Gasteiger partial charge in [-0.15, -0.1) is 0 Å². The van der Waals surface area contributed by atoms with Gasteiger partial charge in [-0.2, -0.15) is 0 Å². The molecule has 0 fully saturated rings. The fourth-order valence-corrected chi connectivity index (χ4v) is 8.80. The Morgan fingerprint density at radius 2 is 0.695 bits per heavy atom. The maximum absolute atomic E-state index is 2.41. The maximum atomic E-state index is 2.41. The second-order valence-electron chi connectivity index (χ2n) is 15.0. The first-order chi connectivity index (χ1) is 29.3. The predicted molar refractivity (Wildman–Crippen MR) is 251 cm³/mol. The van der Waals surface area contributed by atoms with Gasteiger partial charge in [0.15, 0.2) is 0 Å². The Morgan fingerprint density at radius 3 is 1.29 bits per heavy atom. The van der Waals surface area contributed by atoms with E-state index in [2.05, 4.69) is 251 Å². The number of aromatic nitrogens is 1. The summed E-state index contributed by atoms with van der Waals surface area (Å²) < 4.78 is 2.37. The third-order valence-electron chi connectivity index (χ3n) is 11.5. The van der Waals surface area contributed by atoms with Crippen LogP contribution >= 0.6 is 0 Å². The molecule has 0 atom stereocenters. The summed E-state index contributed by atoms with van der Waals surface area (Å²) in [7, 11) is 0. The van der Waals surface area contributed by atoms with Gasteiger partial charge in [-0.25, -0.2) is 0 Å². The van der Waals surface area contributed by atoms with Crippen molar-refractivity contribution < 1.29 is 0 Å². The molecule has 0 bridgehead atoms. The molecule has 1 heterocycles. The van der Waals surface area contributed by atoms with Crippen LogP contribution in [0.15, 0.2) is 237 Å². The summed E-state index contributed by atoms with van der Waals surface area (Å²) in [5, 5.41) is 7.31. The van der Waals surface area contributed by atoms with Crippen LogP contribution in [0, 0.1) is 0 Å². The Labute approximate surface area is 343 Å². The molecule has 0 unspecified atom stereocenters. The molecule has 3 nitrogen and oxygen atoms in total. The molecule has 10 aromatic carbocycles. The average Bonchev–Trinajstić information content (AvgIpc) is 3.64. The third kappa shape index (κ3) is 6.08. The summed E-state index contributed by atoms with van der Waals surface area (Å²) in [5.74, 6) is 0. The topological polar surface area (TPSA) is 11.4 Å². The molecule has 278 valence electrons. The van der Waals surface area contributed by atoms with Gasteiger partial charge in [-0.05, 0) is 107 Å². The molecule has 0 radical (unpaired) electrons. The Bertz CT molecular complexity index is 3250. The number of hydrogen-bond donors (Lipinski definition) is 0. The molecule has 11 rings (SSSR count). The summed E-state index contributed by atoms with van der Waals surface area (Å²) in [6.45, 7) is 0. The molecule has 0 saturated carbocycles. The normalized spacial score (nSPS) is 11.4. The molecule has 0 N–H and O–H groups in total. The van der Waals surface area contributed by atoms with Crippen molar-refractivity contribution in [2.45, 2.75) is 0 Å². The van der Waals surface area contributed by atoms with Gasteiger partial charge in [-0.3, -0.25) is 0 Å². The predicted octanol–water partition coefficient (Wildman–Crippen LogP) is 15.7. The van der Waals surface area contributed by atoms with Crippen LogP contribution in [0.1, 0.15) is 0 Å². The van der Waals surface area contributed by atoms with E-state index < -0.39 is 0 Å². The monoisotopic (exact) mass is 753 g/mol. The Kier molecular flexibility index (Phi) is 8.49. The van der Waals surface area contributed by atoms with Crippen molar-refractivity contribution in [2.75, 3.05) is 9.80 Å². The van der Waals surface area contributed by atoms with E-state index in [9.17, 15) is 0 Å². The minimum Gasteiger partial charge on any atom is -0.310 e. The van der Waals surface area contributed by atoms with Crippen molar-refractivity contribution in [1.29, 1.82) is 0 Å². The lowest BCUT2D eigenvalue weighted by molar-refractivity contribution is 1.18. The standard InChI is InChI=1S/C56H39N3/c1-3-19-44(20-4-1)57(53-27-13-17-42-15-7-9-23-49(42)53)46-33-29-40(30-34-46)41-31-35-47(36-32-41)58(54-28-14-18-43-16-8-10-24-50(43)54)48-37-38-56-52(39-48)51-25-11-12-26-55(51)59(56)45-21-5-2-6-22-45/h1-39H. The van der Waals surface area contributed by atoms with Crippen molar-refractivity contribution in [3.63, 3.8) is 0 Å². The summed E-state index contributed by atoms with van der Waals surface area (Å²) in [5.41, 5.74) is 12.6. The minimum atomic E-state index is 1.10. The summed E-state index contributed by atoms with van der Waals surface area (Å²) >= 11 is 0. The van der Waals surface area contributed by atoms with Gasteiger partial charge in [-0.1, -0.05) is 152 Å². The van der Waals surface area contributed by atoms with Crippen molar-refractivity contribution in [3.8, 4) is 16.8 Å². The average molecular weight is 754 g/mol. The quantitative estimate of drug-likeness (QED) is 0.153. The van der Waals surface area contributed by atoms with E-state index in [4.69, 9.17) is 0 Å². The molecule has 0 aliphatic carbocycles. The van der Waals surface area contributed by atoms with Gasteiger partial charge in [0.1, 0.15) is 0 Å². The largest absolute Gasteiger partial charge is 0.310 e. The molecule has 3 heteroatoms. The second kappa shape index (κ2) is 14.6. The van der Waals surface area contributed by atoms with E-state index in [0.29, 0.717) is 0 Å². The summed E-state index contributed by atoms with van der Waals surface area (Å²) in [6, 6.07) is 85.3. The van der Waals surface area contributed by atoms with Crippen LogP contribution in [0.2, 0.25) is 0 Å². The van der Waals surface area contributed by atoms with E-state index in [1.54, 1.807) is 0 Å². The highest BCUT2D eigenvalue weighted by Crippen LogP contribution is 2.43. The molecule has 1 aromatic heterocycles. The zero-order valence-corrected chi connectivity index (χ0v) is 32.4. The first-order valence-corrected chi connectivity index (χ1v) is 20.2. The zero-order valence-electron chi connectivity index (χ0n) is 32.4. The first-order valence-electron chi connectivity index (χ1n) is 20.2. The zero-order chi connectivity index (χ0) is 39.1. The fourth-order valence-electron chi connectivity index (χ4n) is 8.80. The van der Waals surface area contributed by atoms with Crippen LogP contribution in [0.25, 0.3) is 60.2 Å². The van der Waals surface area contributed by atoms with Gasteiger partial charge < -0.3 is 14.4 Å². The van der Waals surface area contributed by atoms with Crippen molar-refractivity contribution >= 4 is 77.5 Å². The Morgan fingerprint density at radius 1 is 0.271 bits per heavy atom. The van der Waals surface area contributed by atoms with Gasteiger partial charge in [0.25, 0.3) is 0 Å². The first kappa shape index (κ1) is 34.4. The van der Waals surface area contributed by atoms with E-state index in [1.165, 1.54) is 43.4 Å². The molecule has 0 saturated heterocycles. The number of rotatable bonds is 8. The number of nitrogens with zero attached hydrogens (tertiary/aromatic N) is 3. The lowest BCUT2D eigenvalue weighted by atomic mass is 10.0. The maximum Gasteiger partial charge on any atom is 0.0542 e. The Hall–Kier alpha value is -7.88. The highest BCUT2D eigenvalue weighted by molar-refractivity contribution is 6.11. The van der Waals surface area contributed by atoms with Gasteiger partial charge in [0, 0.05) is 50.0 Å². The van der Waals surface area contributed by atoms with Crippen LogP contribution in [0.4, 0.5) is 34.1 Å². The Balaban J connectivity index is 1.00. The fraction of sp³-hybridized carbons (Fsp3) is 0. The number of benzene rings is 10. The molecule has 0 spiro atoms. The van der Waals surface area contributed by atoms with Crippen molar-refractivity contribution in [3.05, 3.63) is 237 Å². The SMILES string of the molecule is c1ccc(N(c2ccc(-c3ccc(N(c4ccc5c(c4)c4ccccc4n5-c4ccccc4)c4cccc5ccccc45)cc3)cc2)c2cccc3ccccc23)cc1. The van der Waals surface area contributed by atoms with Crippen LogP contribution in [-0.2, 0) is 0 Å². The lowest BCUT2D eigenvalue weighted by Gasteiger charge is -2.27. The molecule has 0 aliphatic rings. The van der Waals surface area contributed by atoms with E-state index >= 15 is 0 Å². The van der Waals surface area contributed by atoms with Crippen LogP contribution in [-0.4, -0.2) is 4.57 Å². The van der Waals surface area contributed by atoms with Gasteiger partial charge in [0.05, 0.1) is 22.4 Å². The molecule has 0 amide bonds. The van der Waals surface area contributed by atoms with Crippen LogP contribution in [0.5, 0.6) is 0 Å². The molecule has 11 aromatic rings. The number of fused-ring (bicyclic) bond motifs is 5. The van der Waals surface area contributed by atoms with Crippen LogP contribution in [0.3, 0.4) is 0 Å². The second-order valence-corrected chi connectivity index (χ2v) is 15.0. The smallest absolute Gasteiger partial charge is 0.0542 e. The summed E-state index contributed by atoms with van der Waals surface area (Å²) in [6.07, 6.45) is 0. The van der Waals surface area contributed by atoms with E-state index in [1.807, 2.05) is 0 Å². The number of hydrogen-bond acceptors (Lipinski definition) is 2.